The summed E-state index contributed by atoms with van der Waals surface area (Å²) in [5.41, 5.74) is 0.107. The SMILES string of the molecule is CCOC(=O)c1ccccc1[PH](C(=O)OCC)(c1ccccc1)c1ccccc1. The molecule has 0 saturated carbocycles. The predicted octanol–water partition coefficient (Wildman–Crippen LogP) is 4.05. The van der Waals surface area contributed by atoms with Crippen molar-refractivity contribution in [2.75, 3.05) is 13.2 Å². The molecule has 0 aliphatic rings. The molecule has 3 aromatic rings. The Morgan fingerprint density at radius 3 is 1.69 bits per heavy atom. The first-order valence-electron chi connectivity index (χ1n) is 9.71. The van der Waals surface area contributed by atoms with Crippen LogP contribution in [-0.2, 0) is 9.47 Å². The summed E-state index contributed by atoms with van der Waals surface area (Å²) in [6, 6.07) is 26.5. The van der Waals surface area contributed by atoms with E-state index in [2.05, 4.69) is 0 Å². The standard InChI is InChI=1S/C24H25O4P/c1-3-27-23(25)21-17-11-12-18-22(21)29(24(26)28-4-2,19-13-7-5-8-14-19)20-15-9-6-10-16-20/h5-18,29H,3-4H2,1-2H3. The fourth-order valence-electron chi connectivity index (χ4n) is 3.64. The van der Waals surface area contributed by atoms with Crippen molar-refractivity contribution in [2.24, 2.45) is 0 Å². The third-order valence-corrected chi connectivity index (χ3v) is 9.22. The van der Waals surface area contributed by atoms with Gasteiger partial charge in [-0.3, -0.25) is 0 Å². The van der Waals surface area contributed by atoms with E-state index in [9.17, 15) is 9.59 Å². The van der Waals surface area contributed by atoms with Gasteiger partial charge >= 0.3 is 171 Å². The second kappa shape index (κ2) is 9.49. The molecule has 0 atom stereocenters. The van der Waals surface area contributed by atoms with Crippen LogP contribution in [0, 0.1) is 0 Å². The summed E-state index contributed by atoms with van der Waals surface area (Å²) in [4.78, 5) is 26.5. The number of esters is 1. The molecule has 0 aliphatic heterocycles. The normalized spacial score (nSPS) is 11.5. The molecule has 0 saturated heterocycles. The number of hydrogen-bond donors (Lipinski definition) is 0. The predicted molar refractivity (Wildman–Crippen MR) is 120 cm³/mol. The van der Waals surface area contributed by atoms with Crippen molar-refractivity contribution in [3.8, 4) is 0 Å². The molecule has 0 heterocycles. The van der Waals surface area contributed by atoms with Crippen molar-refractivity contribution < 1.29 is 19.1 Å². The van der Waals surface area contributed by atoms with E-state index in [0.29, 0.717) is 10.9 Å². The molecule has 0 radical (unpaired) electrons. The number of benzene rings is 3. The van der Waals surface area contributed by atoms with E-state index in [4.69, 9.17) is 9.47 Å². The quantitative estimate of drug-likeness (QED) is 0.437. The van der Waals surface area contributed by atoms with Crippen LogP contribution in [0.3, 0.4) is 0 Å². The van der Waals surface area contributed by atoms with Crippen molar-refractivity contribution in [2.45, 2.75) is 13.8 Å². The third-order valence-electron chi connectivity index (χ3n) is 4.82. The summed E-state index contributed by atoms with van der Waals surface area (Å²) >= 11 is 0. The first-order valence-corrected chi connectivity index (χ1v) is 11.7. The zero-order valence-corrected chi connectivity index (χ0v) is 17.6. The molecule has 0 bridgehead atoms. The average molecular weight is 408 g/mol. The number of ether oxygens (including phenoxy) is 2. The van der Waals surface area contributed by atoms with E-state index in [1.165, 1.54) is 0 Å². The molecule has 0 aromatic heterocycles. The first-order chi connectivity index (χ1) is 14.2. The van der Waals surface area contributed by atoms with E-state index in [1.807, 2.05) is 72.8 Å². The van der Waals surface area contributed by atoms with Crippen LogP contribution in [-0.4, -0.2) is 24.9 Å². The Morgan fingerprint density at radius 2 is 1.17 bits per heavy atom. The Morgan fingerprint density at radius 1 is 0.690 bits per heavy atom. The van der Waals surface area contributed by atoms with Gasteiger partial charge in [0.2, 0.25) is 0 Å². The first kappa shape index (κ1) is 20.8. The summed E-state index contributed by atoms with van der Waals surface area (Å²) in [6.07, 6.45) is 0. The van der Waals surface area contributed by atoms with E-state index in [0.717, 1.165) is 10.6 Å². The molecule has 29 heavy (non-hydrogen) atoms. The van der Waals surface area contributed by atoms with Crippen LogP contribution >= 0.6 is 7.26 Å². The van der Waals surface area contributed by atoms with Crippen LogP contribution in [0.15, 0.2) is 84.9 Å². The zero-order chi connectivity index (χ0) is 20.7. The maximum atomic E-state index is 13.7. The summed E-state index contributed by atoms with van der Waals surface area (Å²) in [5.74, 6) is -0.434. The molecule has 0 spiro atoms. The molecule has 0 unspecified atom stereocenters. The van der Waals surface area contributed by atoms with Gasteiger partial charge in [0.15, 0.2) is 0 Å². The van der Waals surface area contributed by atoms with E-state index in [1.54, 1.807) is 26.0 Å². The summed E-state index contributed by atoms with van der Waals surface area (Å²) in [5, 5.41) is 2.40. The van der Waals surface area contributed by atoms with Gasteiger partial charge in [0.1, 0.15) is 0 Å². The Hall–Kier alpha value is -2.97. The molecule has 0 amide bonds. The summed E-state index contributed by atoms with van der Waals surface area (Å²) in [6.45, 7) is 4.09. The minimum atomic E-state index is -3.35. The number of carbonyl (C=O) groups is 2. The van der Waals surface area contributed by atoms with Gasteiger partial charge < -0.3 is 0 Å². The molecule has 3 aromatic carbocycles. The molecule has 3 rings (SSSR count). The topological polar surface area (TPSA) is 52.6 Å². The van der Waals surface area contributed by atoms with Crippen molar-refractivity contribution in [3.05, 3.63) is 90.5 Å². The van der Waals surface area contributed by atoms with Gasteiger partial charge in [-0.1, -0.05) is 0 Å². The van der Waals surface area contributed by atoms with Crippen LogP contribution < -0.4 is 15.9 Å². The molecule has 150 valence electrons. The van der Waals surface area contributed by atoms with Gasteiger partial charge in [0.25, 0.3) is 0 Å². The number of hydrogen-bond acceptors (Lipinski definition) is 4. The van der Waals surface area contributed by atoms with Gasteiger partial charge in [-0.15, -0.1) is 0 Å². The second-order valence-corrected chi connectivity index (χ2v) is 10.1. The van der Waals surface area contributed by atoms with Crippen LogP contribution in [0.2, 0.25) is 0 Å². The number of rotatable bonds is 7. The molecule has 5 heteroatoms. The molecule has 0 aliphatic carbocycles. The monoisotopic (exact) mass is 408 g/mol. The molecule has 0 fully saturated rings. The van der Waals surface area contributed by atoms with Gasteiger partial charge in [0, 0.05) is 0 Å². The van der Waals surface area contributed by atoms with Crippen LogP contribution in [0.5, 0.6) is 0 Å². The van der Waals surface area contributed by atoms with Gasteiger partial charge in [0.05, 0.1) is 0 Å². The van der Waals surface area contributed by atoms with Crippen molar-refractivity contribution in [3.63, 3.8) is 0 Å². The average Bonchev–Trinajstić information content (AvgIpc) is 2.76. The van der Waals surface area contributed by atoms with Crippen molar-refractivity contribution in [1.82, 2.24) is 0 Å². The van der Waals surface area contributed by atoms with Crippen molar-refractivity contribution in [1.29, 1.82) is 0 Å². The molecule has 4 nitrogen and oxygen atoms in total. The molecular weight excluding hydrogens is 383 g/mol. The van der Waals surface area contributed by atoms with Gasteiger partial charge in [-0.2, -0.15) is 0 Å². The minimum absolute atomic E-state index is 0.259. The second-order valence-electron chi connectivity index (χ2n) is 6.47. The van der Waals surface area contributed by atoms with Gasteiger partial charge in [-0.25, -0.2) is 0 Å². The summed E-state index contributed by atoms with van der Waals surface area (Å²) < 4.78 is 10.9. The molecule has 0 N–H and O–H groups in total. The number of carbonyl (C=O) groups excluding carboxylic acids is 2. The van der Waals surface area contributed by atoms with E-state index >= 15 is 0 Å². The Balaban J connectivity index is 2.41. The molecular formula is C24H25O4P. The van der Waals surface area contributed by atoms with E-state index in [-0.39, 0.29) is 18.9 Å². The Bertz CT molecular complexity index is 931. The van der Waals surface area contributed by atoms with E-state index < -0.39 is 13.2 Å². The third kappa shape index (κ3) is 3.94. The van der Waals surface area contributed by atoms with Crippen LogP contribution in [0.4, 0.5) is 4.79 Å². The zero-order valence-electron chi connectivity index (χ0n) is 16.6. The fraction of sp³-hybridized carbons (Fsp3) is 0.167. The fourth-order valence-corrected chi connectivity index (χ4v) is 7.96. The van der Waals surface area contributed by atoms with Crippen molar-refractivity contribution >= 4 is 34.9 Å². The Labute approximate surface area is 171 Å². The van der Waals surface area contributed by atoms with Gasteiger partial charge in [-0.05, 0) is 0 Å². The Kier molecular flexibility index (Phi) is 6.79. The van der Waals surface area contributed by atoms with Crippen LogP contribution in [0.25, 0.3) is 0 Å². The maximum absolute atomic E-state index is 13.7. The summed E-state index contributed by atoms with van der Waals surface area (Å²) in [7, 11) is -3.35. The van der Waals surface area contributed by atoms with Crippen LogP contribution in [0.1, 0.15) is 24.2 Å².